The molecule has 0 bridgehead atoms. The van der Waals surface area contributed by atoms with Gasteiger partial charge in [-0.25, -0.2) is 4.98 Å². The molecule has 1 aliphatic carbocycles. The molecule has 3 amide bonds. The molecule has 240 valence electrons. The monoisotopic (exact) mass is 625 g/mol. The van der Waals surface area contributed by atoms with Crippen molar-refractivity contribution in [2.24, 2.45) is 13.0 Å². The van der Waals surface area contributed by atoms with Gasteiger partial charge in [0.25, 0.3) is 5.91 Å². The number of carbonyl (C=O) groups is 3. The summed E-state index contributed by atoms with van der Waals surface area (Å²) in [6.45, 7) is 8.48. The molecule has 0 radical (unpaired) electrons. The molecule has 2 fully saturated rings. The van der Waals surface area contributed by atoms with Crippen molar-refractivity contribution in [3.63, 3.8) is 0 Å². The van der Waals surface area contributed by atoms with Crippen molar-refractivity contribution in [1.82, 2.24) is 25.1 Å². The number of hydrogen-bond acceptors (Lipinski definition) is 8. The maximum atomic E-state index is 13.9. The lowest BCUT2D eigenvalue weighted by Crippen LogP contribution is -2.49. The summed E-state index contributed by atoms with van der Waals surface area (Å²) in [5.41, 5.74) is 0.377. The molecule has 2 aromatic heterocycles. The van der Waals surface area contributed by atoms with Crippen molar-refractivity contribution < 1.29 is 23.9 Å². The van der Waals surface area contributed by atoms with Crippen LogP contribution in [0.4, 0.5) is 11.8 Å². The van der Waals surface area contributed by atoms with Gasteiger partial charge in [0.05, 0.1) is 5.41 Å². The quantitative estimate of drug-likeness (QED) is 0.298. The van der Waals surface area contributed by atoms with Crippen LogP contribution >= 0.6 is 0 Å². The molecule has 12 nitrogen and oxygen atoms in total. The molecule has 1 atom stereocenters. The largest absolute Gasteiger partial charge is 0.381 e. The average Bonchev–Trinajstić information content (AvgIpc) is 3.49. The first-order valence-electron chi connectivity index (χ1n) is 16.0. The van der Waals surface area contributed by atoms with Gasteiger partial charge in [-0.1, -0.05) is 51.7 Å². The third-order valence-corrected chi connectivity index (χ3v) is 10.9. The van der Waals surface area contributed by atoms with Gasteiger partial charge in [0.2, 0.25) is 17.8 Å². The molecule has 0 aromatic carbocycles. The van der Waals surface area contributed by atoms with E-state index in [1.165, 1.54) is 11.1 Å². The molecular weight excluding hydrogens is 578 g/mol. The van der Waals surface area contributed by atoms with Gasteiger partial charge in [-0.05, 0) is 43.7 Å². The van der Waals surface area contributed by atoms with Gasteiger partial charge in [-0.2, -0.15) is 10.1 Å². The average molecular weight is 626 g/mol. The molecule has 1 spiro atoms. The number of nitrogens with one attached hydrogen (secondary N) is 2. The first kappa shape index (κ1) is 32.2. The highest BCUT2D eigenvalue weighted by atomic mass is 28.3. The zero-order valence-electron chi connectivity index (χ0n) is 26.6. The number of rotatable bonds is 10. The van der Waals surface area contributed by atoms with Gasteiger partial charge in [0, 0.05) is 52.9 Å². The lowest BCUT2D eigenvalue weighted by atomic mass is 9.76. The summed E-state index contributed by atoms with van der Waals surface area (Å²) in [7, 11) is 0.394. The van der Waals surface area contributed by atoms with Gasteiger partial charge in [0.1, 0.15) is 24.3 Å². The summed E-state index contributed by atoms with van der Waals surface area (Å²) < 4.78 is 13.1. The zero-order valence-corrected chi connectivity index (χ0v) is 27.6. The van der Waals surface area contributed by atoms with Gasteiger partial charge < -0.3 is 14.8 Å². The van der Waals surface area contributed by atoms with Gasteiger partial charge in [-0.15, -0.1) is 0 Å². The summed E-state index contributed by atoms with van der Waals surface area (Å²) in [5.74, 6) is -0.229. The van der Waals surface area contributed by atoms with E-state index in [-0.39, 0.29) is 36.3 Å². The van der Waals surface area contributed by atoms with Crippen LogP contribution in [0.15, 0.2) is 18.5 Å². The minimum Gasteiger partial charge on any atom is -0.381 e. The molecule has 1 saturated carbocycles. The second-order valence-electron chi connectivity index (χ2n) is 13.6. The highest BCUT2D eigenvalue weighted by molar-refractivity contribution is 6.76. The topological polar surface area (TPSA) is 141 Å². The Hall–Kier alpha value is -3.16. The summed E-state index contributed by atoms with van der Waals surface area (Å²) in [4.78, 5) is 51.9. The van der Waals surface area contributed by atoms with Crippen LogP contribution in [-0.4, -0.2) is 78.1 Å². The van der Waals surface area contributed by atoms with Gasteiger partial charge >= 0.3 is 0 Å². The van der Waals surface area contributed by atoms with Crippen molar-refractivity contribution in [2.45, 2.75) is 94.9 Å². The molecule has 5 rings (SSSR count). The number of fused-ring (bicyclic) bond motifs is 2. The predicted octanol–water partition coefficient (Wildman–Crippen LogP) is 4.01. The number of aryl methyl sites for hydroxylation is 1. The van der Waals surface area contributed by atoms with E-state index in [2.05, 4.69) is 40.4 Å². The lowest BCUT2D eigenvalue weighted by molar-refractivity contribution is -0.127. The number of aromatic nitrogens is 4. The number of ether oxygens (including phenoxy) is 2. The third kappa shape index (κ3) is 7.21. The summed E-state index contributed by atoms with van der Waals surface area (Å²) in [5, 5.41) is 9.99. The Morgan fingerprint density at radius 1 is 1.14 bits per heavy atom. The second kappa shape index (κ2) is 13.9. The fourth-order valence-electron chi connectivity index (χ4n) is 6.52. The van der Waals surface area contributed by atoms with Crippen molar-refractivity contribution in [1.29, 1.82) is 0 Å². The van der Waals surface area contributed by atoms with Crippen molar-refractivity contribution in [3.05, 3.63) is 29.7 Å². The van der Waals surface area contributed by atoms with Crippen LogP contribution < -0.4 is 15.5 Å². The van der Waals surface area contributed by atoms with E-state index in [1.54, 1.807) is 30.4 Å². The van der Waals surface area contributed by atoms with Crippen molar-refractivity contribution in [2.75, 3.05) is 36.8 Å². The normalized spacial score (nSPS) is 19.7. The molecule has 3 aliphatic rings. The van der Waals surface area contributed by atoms with E-state index < -0.39 is 19.5 Å². The second-order valence-corrected chi connectivity index (χ2v) is 19.2. The zero-order chi connectivity index (χ0) is 31.3. The Kier molecular flexibility index (Phi) is 10.2. The van der Waals surface area contributed by atoms with Crippen molar-refractivity contribution >= 4 is 37.6 Å². The van der Waals surface area contributed by atoms with E-state index in [0.717, 1.165) is 50.1 Å². The Bertz CT molecular complexity index is 1330. The minimum atomic E-state index is -1.31. The fraction of sp³-hybridized carbons (Fsp3) is 0.677. The molecule has 44 heavy (non-hydrogen) atoms. The highest BCUT2D eigenvalue weighted by Gasteiger charge is 2.53. The maximum Gasteiger partial charge on any atom is 0.270 e. The Morgan fingerprint density at radius 2 is 1.84 bits per heavy atom. The Morgan fingerprint density at radius 3 is 2.50 bits per heavy atom. The number of nitrogens with zero attached hydrogens (tertiary/aromatic N) is 5. The Labute approximate surface area is 260 Å². The highest BCUT2D eigenvalue weighted by Crippen LogP contribution is 2.46. The first-order valence-corrected chi connectivity index (χ1v) is 19.7. The van der Waals surface area contributed by atoms with Crippen LogP contribution in [0.5, 0.6) is 0 Å². The van der Waals surface area contributed by atoms with E-state index in [9.17, 15) is 14.4 Å². The van der Waals surface area contributed by atoms with Gasteiger partial charge in [0.15, 0.2) is 0 Å². The van der Waals surface area contributed by atoms with Crippen LogP contribution in [0.3, 0.4) is 0 Å². The van der Waals surface area contributed by atoms with E-state index in [1.807, 2.05) is 0 Å². The van der Waals surface area contributed by atoms with Crippen LogP contribution in [0.1, 0.15) is 73.8 Å². The first-order chi connectivity index (χ1) is 21.1. The number of anilines is 2. The molecule has 2 aliphatic heterocycles. The summed E-state index contributed by atoms with van der Waals surface area (Å²) >= 11 is 0. The third-order valence-electron chi connectivity index (χ3n) is 9.24. The minimum absolute atomic E-state index is 0.0229. The molecule has 4 heterocycles. The Balaban J connectivity index is 1.38. The smallest absolute Gasteiger partial charge is 0.270 e. The van der Waals surface area contributed by atoms with Crippen LogP contribution in [0.25, 0.3) is 0 Å². The number of hydrogen-bond donors (Lipinski definition) is 2. The van der Waals surface area contributed by atoms with Crippen molar-refractivity contribution in [3.8, 4) is 0 Å². The molecule has 1 unspecified atom stereocenters. The number of amides is 3. The lowest BCUT2D eigenvalue weighted by Gasteiger charge is -2.32. The predicted molar refractivity (Wildman–Crippen MR) is 169 cm³/mol. The number of carbonyl (C=O) groups excluding carboxylic acids is 3. The molecule has 2 N–H and O–H groups in total. The van der Waals surface area contributed by atoms with Crippen LogP contribution in [0.2, 0.25) is 25.7 Å². The summed E-state index contributed by atoms with van der Waals surface area (Å²) in [6, 6.07) is 1.85. The van der Waals surface area contributed by atoms with E-state index in [0.29, 0.717) is 44.2 Å². The standard InChI is InChI=1S/C31H47N7O5Si/c1-37-24(12-15-33-37)27(39)34-25(22-10-8-6-5-7-9-11-22)28(40)36-30-32-20-23-26(35-30)38(21-43-18-19-44(2,3)4)29(41)31(23)13-16-42-17-14-31/h12,15,20,22,25H,5-11,13-14,16-19,21H2,1-4H3,(H,34,39)(H,32,35,36,40). The van der Waals surface area contributed by atoms with Gasteiger partial charge in [-0.3, -0.25) is 29.3 Å². The maximum absolute atomic E-state index is 13.9. The van der Waals surface area contributed by atoms with Crippen LogP contribution in [0, 0.1) is 5.92 Å². The SMILES string of the molecule is Cn1nccc1C(=O)NC(C(=O)Nc1ncc2c(n1)N(COCC[Si](C)(C)C)C(=O)C21CCOCC1)C1CCCCCCC1. The summed E-state index contributed by atoms with van der Waals surface area (Å²) in [6.07, 6.45) is 11.4. The molecule has 13 heteroatoms. The molecule has 2 aromatic rings. The molecule has 1 saturated heterocycles. The van der Waals surface area contributed by atoms with E-state index >= 15 is 0 Å². The fourth-order valence-corrected chi connectivity index (χ4v) is 7.28. The van der Waals surface area contributed by atoms with Crippen LogP contribution in [-0.2, 0) is 31.5 Å². The molecular formula is C31H47N7O5Si. The van der Waals surface area contributed by atoms with E-state index in [4.69, 9.17) is 14.5 Å².